The number of H-pyrrole nitrogens is 1. The maximum Gasteiger partial charge on any atom is 0.211 e. The van der Waals surface area contributed by atoms with Crippen LogP contribution in [0.25, 0.3) is 0 Å². The number of aromatic amines is 1. The molecule has 0 unspecified atom stereocenters. The summed E-state index contributed by atoms with van der Waals surface area (Å²) < 4.78 is 25.6. The van der Waals surface area contributed by atoms with Crippen LogP contribution < -0.4 is 0 Å². The first-order valence-electron chi connectivity index (χ1n) is 7.70. The van der Waals surface area contributed by atoms with Crippen molar-refractivity contribution in [1.29, 1.82) is 0 Å². The molecule has 0 saturated carbocycles. The zero-order valence-electron chi connectivity index (χ0n) is 13.1. The zero-order chi connectivity index (χ0) is 16.0. The number of aromatic nitrogens is 2. The Labute approximate surface area is 131 Å². The van der Waals surface area contributed by atoms with Crippen molar-refractivity contribution < 1.29 is 13.5 Å². The average molecular weight is 328 g/mol. The molecule has 0 amide bonds. The average Bonchev–Trinajstić information content (AvgIpc) is 3.02. The highest BCUT2D eigenvalue weighted by atomic mass is 32.2. The van der Waals surface area contributed by atoms with Crippen LogP contribution in [0.4, 0.5) is 0 Å². The lowest BCUT2D eigenvalue weighted by atomic mass is 9.83. The van der Waals surface area contributed by atoms with E-state index in [1.807, 2.05) is 6.92 Å². The predicted octanol–water partition coefficient (Wildman–Crippen LogP) is 0.0789. The maximum atomic E-state index is 12.0. The van der Waals surface area contributed by atoms with Crippen LogP contribution in [0.3, 0.4) is 0 Å². The number of aliphatic hydroxyl groups is 1. The number of hydrogen-bond donors (Lipinski definition) is 2. The molecule has 2 atom stereocenters. The van der Waals surface area contributed by atoms with Crippen molar-refractivity contribution in [2.45, 2.75) is 44.4 Å². The van der Waals surface area contributed by atoms with Crippen molar-refractivity contribution in [2.75, 3.05) is 25.9 Å². The zero-order valence-corrected chi connectivity index (χ0v) is 13.9. The first-order chi connectivity index (χ1) is 10.3. The smallest absolute Gasteiger partial charge is 0.211 e. The standard InChI is InChI=1S/C14H24N4O3S/c1-11-12(16-10-15-11)8-17-7-5-14(13(19)9-17)4-3-6-18(14)22(2,20)21/h10,13,19H,3-9H2,1-2H3,(H,15,16)/t13-,14-/m0/s1. The first kappa shape index (κ1) is 15.9. The Hall–Kier alpha value is -0.960. The van der Waals surface area contributed by atoms with Gasteiger partial charge >= 0.3 is 0 Å². The lowest BCUT2D eigenvalue weighted by molar-refractivity contribution is -0.0383. The molecular weight excluding hydrogens is 304 g/mol. The Morgan fingerprint density at radius 1 is 1.45 bits per heavy atom. The molecule has 2 aliphatic heterocycles. The molecule has 1 spiro atoms. The van der Waals surface area contributed by atoms with Gasteiger partial charge in [0.05, 0.1) is 29.9 Å². The molecule has 22 heavy (non-hydrogen) atoms. The van der Waals surface area contributed by atoms with E-state index in [1.54, 1.807) is 6.33 Å². The summed E-state index contributed by atoms with van der Waals surface area (Å²) in [7, 11) is -3.28. The van der Waals surface area contributed by atoms with Crippen LogP contribution in [0.1, 0.15) is 30.7 Å². The number of aliphatic hydroxyl groups excluding tert-OH is 1. The number of imidazole rings is 1. The molecule has 0 aromatic carbocycles. The SMILES string of the molecule is Cc1[nH]cnc1CN1CC[C@@]2(CCCN2S(C)(=O)=O)[C@@H](O)C1. The summed E-state index contributed by atoms with van der Waals surface area (Å²) in [5, 5.41) is 10.7. The van der Waals surface area contributed by atoms with E-state index >= 15 is 0 Å². The van der Waals surface area contributed by atoms with E-state index in [-0.39, 0.29) is 0 Å². The van der Waals surface area contributed by atoms with Gasteiger partial charge in [0, 0.05) is 31.9 Å². The fourth-order valence-electron chi connectivity index (χ4n) is 3.88. The van der Waals surface area contributed by atoms with Crippen LogP contribution in [0, 0.1) is 6.92 Å². The van der Waals surface area contributed by atoms with E-state index in [0.29, 0.717) is 26.1 Å². The Kier molecular flexibility index (Phi) is 4.05. The highest BCUT2D eigenvalue weighted by Gasteiger charge is 2.52. The molecule has 2 N–H and O–H groups in total. The summed E-state index contributed by atoms with van der Waals surface area (Å²) >= 11 is 0. The first-order valence-corrected chi connectivity index (χ1v) is 9.55. The van der Waals surface area contributed by atoms with Gasteiger partial charge < -0.3 is 10.1 Å². The highest BCUT2D eigenvalue weighted by molar-refractivity contribution is 7.88. The fraction of sp³-hybridized carbons (Fsp3) is 0.786. The van der Waals surface area contributed by atoms with Crippen molar-refractivity contribution in [2.24, 2.45) is 0 Å². The van der Waals surface area contributed by atoms with E-state index in [0.717, 1.165) is 30.8 Å². The van der Waals surface area contributed by atoms with E-state index in [9.17, 15) is 13.5 Å². The number of hydrogen-bond acceptors (Lipinski definition) is 5. The van der Waals surface area contributed by atoms with Gasteiger partial charge in [-0.3, -0.25) is 4.90 Å². The molecule has 2 saturated heterocycles. The number of aryl methyl sites for hydroxylation is 1. The number of nitrogens with one attached hydrogen (secondary N) is 1. The quantitative estimate of drug-likeness (QED) is 0.820. The molecule has 8 heteroatoms. The second kappa shape index (κ2) is 5.59. The number of nitrogens with zero attached hydrogens (tertiary/aromatic N) is 3. The normalized spacial score (nSPS) is 31.1. The second-order valence-electron chi connectivity index (χ2n) is 6.52. The van der Waals surface area contributed by atoms with Gasteiger partial charge in [-0.25, -0.2) is 13.4 Å². The Bertz CT molecular complexity index is 644. The van der Waals surface area contributed by atoms with Crippen LogP contribution in [-0.4, -0.2) is 70.2 Å². The minimum Gasteiger partial charge on any atom is -0.390 e. The van der Waals surface area contributed by atoms with Crippen molar-refractivity contribution in [3.05, 3.63) is 17.7 Å². The number of sulfonamides is 1. The fourth-order valence-corrected chi connectivity index (χ4v) is 5.31. The van der Waals surface area contributed by atoms with E-state index < -0.39 is 21.7 Å². The Morgan fingerprint density at radius 3 is 2.82 bits per heavy atom. The molecule has 1 aromatic rings. The third-order valence-electron chi connectivity index (χ3n) is 5.09. The summed E-state index contributed by atoms with van der Waals surface area (Å²) in [6, 6.07) is 0. The predicted molar refractivity (Wildman–Crippen MR) is 82.7 cm³/mol. The summed E-state index contributed by atoms with van der Waals surface area (Å²) in [5.74, 6) is 0. The van der Waals surface area contributed by atoms with E-state index in [2.05, 4.69) is 14.9 Å². The Balaban J connectivity index is 1.73. The van der Waals surface area contributed by atoms with Crippen molar-refractivity contribution in [1.82, 2.24) is 19.2 Å². The van der Waals surface area contributed by atoms with Crippen LogP contribution >= 0.6 is 0 Å². The largest absolute Gasteiger partial charge is 0.390 e. The molecule has 3 heterocycles. The van der Waals surface area contributed by atoms with Gasteiger partial charge in [-0.15, -0.1) is 0 Å². The molecular formula is C14H24N4O3S. The molecule has 2 aliphatic rings. The molecule has 0 aliphatic carbocycles. The van der Waals surface area contributed by atoms with Crippen molar-refractivity contribution >= 4 is 10.0 Å². The third-order valence-corrected chi connectivity index (χ3v) is 6.43. The number of likely N-dealkylation sites (tertiary alicyclic amines) is 1. The summed E-state index contributed by atoms with van der Waals surface area (Å²) in [6.45, 7) is 4.44. The summed E-state index contributed by atoms with van der Waals surface area (Å²) in [4.78, 5) is 9.50. The van der Waals surface area contributed by atoms with Gasteiger partial charge in [0.15, 0.2) is 0 Å². The molecule has 0 bridgehead atoms. The minimum atomic E-state index is -3.28. The number of rotatable bonds is 3. The van der Waals surface area contributed by atoms with Gasteiger partial charge in [-0.05, 0) is 26.2 Å². The van der Waals surface area contributed by atoms with Crippen molar-refractivity contribution in [3.63, 3.8) is 0 Å². The summed E-state index contributed by atoms with van der Waals surface area (Å²) in [5.41, 5.74) is 1.41. The van der Waals surface area contributed by atoms with Gasteiger partial charge in [-0.2, -0.15) is 4.31 Å². The lowest BCUT2D eigenvalue weighted by Gasteiger charge is -2.47. The van der Waals surface area contributed by atoms with Crippen LogP contribution in [-0.2, 0) is 16.6 Å². The lowest BCUT2D eigenvalue weighted by Crippen LogP contribution is -2.62. The molecule has 7 nitrogen and oxygen atoms in total. The van der Waals surface area contributed by atoms with Gasteiger partial charge in [0.25, 0.3) is 0 Å². The second-order valence-corrected chi connectivity index (χ2v) is 8.42. The number of β-amino-alcohol motifs (C(OH)–C–C–N with tert-alkyl or cyclic N) is 1. The van der Waals surface area contributed by atoms with Gasteiger partial charge in [0.1, 0.15) is 0 Å². The highest BCUT2D eigenvalue weighted by Crippen LogP contribution is 2.40. The minimum absolute atomic E-state index is 0.484. The number of piperidine rings is 1. The van der Waals surface area contributed by atoms with Gasteiger partial charge in [-0.1, -0.05) is 0 Å². The topological polar surface area (TPSA) is 89.5 Å². The van der Waals surface area contributed by atoms with Crippen LogP contribution in [0.5, 0.6) is 0 Å². The van der Waals surface area contributed by atoms with Crippen LogP contribution in [0.15, 0.2) is 6.33 Å². The Morgan fingerprint density at radius 2 is 2.23 bits per heavy atom. The molecule has 2 fully saturated rings. The van der Waals surface area contributed by atoms with E-state index in [1.165, 1.54) is 10.6 Å². The maximum absolute atomic E-state index is 12.0. The molecule has 0 radical (unpaired) electrons. The third kappa shape index (κ3) is 2.68. The van der Waals surface area contributed by atoms with Crippen LogP contribution in [0.2, 0.25) is 0 Å². The monoisotopic (exact) mass is 328 g/mol. The molecule has 124 valence electrons. The molecule has 3 rings (SSSR count). The summed E-state index contributed by atoms with van der Waals surface area (Å²) in [6.07, 6.45) is 4.50. The molecule has 1 aromatic heterocycles. The van der Waals surface area contributed by atoms with Crippen molar-refractivity contribution in [3.8, 4) is 0 Å². The van der Waals surface area contributed by atoms with Gasteiger partial charge in [0.2, 0.25) is 10.0 Å². The van der Waals surface area contributed by atoms with E-state index in [4.69, 9.17) is 0 Å².